The van der Waals surface area contributed by atoms with Crippen LogP contribution in [-0.4, -0.2) is 60.5 Å². The van der Waals surface area contributed by atoms with Crippen molar-refractivity contribution < 1.29 is 27.8 Å². The van der Waals surface area contributed by atoms with Gasteiger partial charge in [0.25, 0.3) is 0 Å². The van der Waals surface area contributed by atoms with Gasteiger partial charge in [0, 0.05) is 25.7 Å². The fourth-order valence-corrected chi connectivity index (χ4v) is 3.11. The highest BCUT2D eigenvalue weighted by Gasteiger charge is 2.32. The maximum Gasteiger partial charge on any atom is 0.573 e. The Morgan fingerprint density at radius 3 is 2.64 bits per heavy atom. The van der Waals surface area contributed by atoms with E-state index in [9.17, 15) is 23.1 Å². The van der Waals surface area contributed by atoms with Crippen LogP contribution in [0.1, 0.15) is 18.4 Å². The van der Waals surface area contributed by atoms with E-state index in [1.807, 2.05) is 19.0 Å². The number of aliphatic carboxylic acids is 1. The molecule has 5 nitrogen and oxygen atoms in total. The van der Waals surface area contributed by atoms with Crippen LogP contribution in [-0.2, 0) is 11.3 Å². The molecule has 1 aromatic rings. The lowest BCUT2D eigenvalue weighted by atomic mass is 10.0. The van der Waals surface area contributed by atoms with Gasteiger partial charge in [-0.2, -0.15) is 0 Å². The van der Waals surface area contributed by atoms with Gasteiger partial charge in [0.15, 0.2) is 0 Å². The minimum Gasteiger partial charge on any atom is -0.481 e. The van der Waals surface area contributed by atoms with Crippen LogP contribution in [0.25, 0.3) is 0 Å². The zero-order valence-corrected chi connectivity index (χ0v) is 14.3. The second-order valence-electron chi connectivity index (χ2n) is 6.62. The summed E-state index contributed by atoms with van der Waals surface area (Å²) < 4.78 is 41.0. The third-order valence-electron chi connectivity index (χ3n) is 4.41. The van der Waals surface area contributed by atoms with Gasteiger partial charge in [0.1, 0.15) is 5.75 Å². The summed E-state index contributed by atoms with van der Waals surface area (Å²) in [5, 5.41) is 9.36. The van der Waals surface area contributed by atoms with Crippen LogP contribution >= 0.6 is 0 Å². The number of likely N-dealkylation sites (N-methyl/N-ethyl adjacent to an activating group) is 1. The Hall–Kier alpha value is -1.80. The summed E-state index contributed by atoms with van der Waals surface area (Å²) in [6.07, 6.45) is -3.37. The monoisotopic (exact) mass is 360 g/mol. The van der Waals surface area contributed by atoms with E-state index in [0.717, 1.165) is 6.42 Å². The average Bonchev–Trinajstić information content (AvgIpc) is 2.68. The van der Waals surface area contributed by atoms with Crippen LogP contribution in [0.2, 0.25) is 0 Å². The summed E-state index contributed by atoms with van der Waals surface area (Å²) in [4.78, 5) is 15.5. The number of halogens is 3. The highest BCUT2D eigenvalue weighted by atomic mass is 19.4. The van der Waals surface area contributed by atoms with Gasteiger partial charge >= 0.3 is 12.3 Å². The van der Waals surface area contributed by atoms with E-state index < -0.39 is 18.2 Å². The highest BCUT2D eigenvalue weighted by molar-refractivity contribution is 5.70. The first kappa shape index (κ1) is 19.5. The highest BCUT2D eigenvalue weighted by Crippen LogP contribution is 2.25. The lowest BCUT2D eigenvalue weighted by Gasteiger charge is -2.28. The molecule has 8 heteroatoms. The Labute approximate surface area is 145 Å². The second kappa shape index (κ2) is 8.05. The molecule has 1 aliphatic rings. The summed E-state index contributed by atoms with van der Waals surface area (Å²) >= 11 is 0. The number of alkyl halides is 3. The number of hydrogen-bond donors (Lipinski definition) is 1. The maximum atomic E-state index is 12.4. The Balaban J connectivity index is 2.12. The number of benzene rings is 1. The molecule has 0 unspecified atom stereocenters. The molecule has 0 aliphatic carbocycles. The van der Waals surface area contributed by atoms with Crippen molar-refractivity contribution >= 4 is 5.97 Å². The molecular weight excluding hydrogens is 337 g/mol. The summed E-state index contributed by atoms with van der Waals surface area (Å²) in [6, 6.07) is 6.03. The largest absolute Gasteiger partial charge is 0.573 e. The van der Waals surface area contributed by atoms with Crippen LogP contribution in [0.15, 0.2) is 24.3 Å². The van der Waals surface area contributed by atoms with E-state index in [1.165, 1.54) is 18.2 Å². The van der Waals surface area contributed by atoms with Crippen LogP contribution in [0.4, 0.5) is 13.2 Å². The molecule has 1 heterocycles. The zero-order chi connectivity index (χ0) is 18.6. The molecule has 0 bridgehead atoms. The van der Waals surface area contributed by atoms with Crippen molar-refractivity contribution in [2.45, 2.75) is 31.8 Å². The SMILES string of the molecule is CN(C)[C@@H]1CC[C@H](C(=O)O)CN(Cc2cccc(OC(F)(F)F)c2)C1. The fraction of sp³-hybridized carbons (Fsp3) is 0.588. The van der Waals surface area contributed by atoms with E-state index in [2.05, 4.69) is 9.64 Å². The first-order valence-electron chi connectivity index (χ1n) is 8.10. The maximum absolute atomic E-state index is 12.4. The molecule has 1 saturated heterocycles. The zero-order valence-electron chi connectivity index (χ0n) is 14.3. The first-order chi connectivity index (χ1) is 11.6. The number of hydrogen-bond acceptors (Lipinski definition) is 4. The number of carboxylic acid groups (broad SMARTS) is 1. The molecule has 0 spiro atoms. The van der Waals surface area contributed by atoms with E-state index in [1.54, 1.807) is 6.07 Å². The number of ether oxygens (including phenoxy) is 1. The smallest absolute Gasteiger partial charge is 0.481 e. The normalized spacial score (nSPS) is 22.6. The molecule has 0 aromatic heterocycles. The third-order valence-corrected chi connectivity index (χ3v) is 4.41. The van der Waals surface area contributed by atoms with Gasteiger partial charge in [-0.15, -0.1) is 13.2 Å². The van der Waals surface area contributed by atoms with Crippen molar-refractivity contribution in [1.82, 2.24) is 9.80 Å². The van der Waals surface area contributed by atoms with Gasteiger partial charge in [-0.25, -0.2) is 0 Å². The standard InChI is InChI=1S/C17H23F3N2O3/c1-21(2)14-7-6-13(16(23)24)10-22(11-14)9-12-4-3-5-15(8-12)25-17(18,19)20/h3-5,8,13-14H,6-7,9-11H2,1-2H3,(H,23,24)/t13-,14+/m0/s1. The number of nitrogens with zero attached hydrogens (tertiary/aromatic N) is 2. The second-order valence-corrected chi connectivity index (χ2v) is 6.62. The van der Waals surface area contributed by atoms with Crippen molar-refractivity contribution in [2.24, 2.45) is 5.92 Å². The van der Waals surface area contributed by atoms with E-state index >= 15 is 0 Å². The lowest BCUT2D eigenvalue weighted by molar-refractivity contribution is -0.274. The van der Waals surface area contributed by atoms with E-state index in [-0.39, 0.29) is 11.8 Å². The predicted molar refractivity (Wildman–Crippen MR) is 86.2 cm³/mol. The Bertz CT molecular complexity index is 593. The Morgan fingerprint density at radius 1 is 1.32 bits per heavy atom. The van der Waals surface area contributed by atoms with E-state index in [0.29, 0.717) is 31.6 Å². The topological polar surface area (TPSA) is 53.0 Å². The number of likely N-dealkylation sites (tertiary alicyclic amines) is 1. The van der Waals surface area contributed by atoms with Crippen molar-refractivity contribution in [1.29, 1.82) is 0 Å². The van der Waals surface area contributed by atoms with Gasteiger partial charge in [0.2, 0.25) is 0 Å². The molecule has 1 aliphatic heterocycles. The first-order valence-corrected chi connectivity index (χ1v) is 8.10. The van der Waals surface area contributed by atoms with E-state index in [4.69, 9.17) is 0 Å². The molecule has 2 atom stereocenters. The van der Waals surface area contributed by atoms with Gasteiger partial charge < -0.3 is 14.7 Å². The third kappa shape index (κ3) is 6.21. The predicted octanol–water partition coefficient (Wildman–Crippen LogP) is 2.81. The van der Waals surface area contributed by atoms with Crippen molar-refractivity contribution in [3.63, 3.8) is 0 Å². The molecule has 0 radical (unpaired) electrons. The summed E-state index contributed by atoms with van der Waals surface area (Å²) in [6.45, 7) is 1.42. The summed E-state index contributed by atoms with van der Waals surface area (Å²) in [7, 11) is 3.89. The molecule has 1 N–H and O–H groups in total. The Kier molecular flexibility index (Phi) is 6.29. The van der Waals surface area contributed by atoms with Gasteiger partial charge in [-0.3, -0.25) is 9.69 Å². The molecular formula is C17H23F3N2O3. The Morgan fingerprint density at radius 2 is 2.04 bits per heavy atom. The van der Waals surface area contributed by atoms with Gasteiger partial charge in [0.05, 0.1) is 5.92 Å². The van der Waals surface area contributed by atoms with Crippen LogP contribution < -0.4 is 4.74 Å². The van der Waals surface area contributed by atoms with Crippen molar-refractivity contribution in [2.75, 3.05) is 27.2 Å². The molecule has 0 saturated carbocycles. The van der Waals surface area contributed by atoms with Crippen LogP contribution in [0.3, 0.4) is 0 Å². The molecule has 25 heavy (non-hydrogen) atoms. The lowest BCUT2D eigenvalue weighted by Crippen LogP contribution is -2.39. The number of carbonyl (C=O) groups is 1. The van der Waals surface area contributed by atoms with Crippen molar-refractivity contribution in [3.8, 4) is 5.75 Å². The van der Waals surface area contributed by atoms with Crippen LogP contribution in [0, 0.1) is 5.92 Å². The van der Waals surface area contributed by atoms with Gasteiger partial charge in [-0.1, -0.05) is 12.1 Å². The number of rotatable bonds is 5. The molecule has 140 valence electrons. The van der Waals surface area contributed by atoms with Crippen molar-refractivity contribution in [3.05, 3.63) is 29.8 Å². The molecule has 2 rings (SSSR count). The molecule has 1 aromatic carbocycles. The number of carboxylic acids is 1. The van der Waals surface area contributed by atoms with Crippen LogP contribution in [0.5, 0.6) is 5.75 Å². The minimum atomic E-state index is -4.73. The molecule has 0 amide bonds. The molecule has 1 fully saturated rings. The van der Waals surface area contributed by atoms with Gasteiger partial charge in [-0.05, 0) is 44.6 Å². The fourth-order valence-electron chi connectivity index (χ4n) is 3.11. The summed E-state index contributed by atoms with van der Waals surface area (Å²) in [5.41, 5.74) is 0.658. The minimum absolute atomic E-state index is 0.207. The summed E-state index contributed by atoms with van der Waals surface area (Å²) in [5.74, 6) is -1.57. The average molecular weight is 360 g/mol. The quantitative estimate of drug-likeness (QED) is 0.875.